The van der Waals surface area contributed by atoms with Gasteiger partial charge in [-0.3, -0.25) is 0 Å². The number of para-hydroxylation sites is 1. The maximum atomic E-state index is 11.2. The van der Waals surface area contributed by atoms with Crippen LogP contribution in [0.5, 0.6) is 0 Å². The molecule has 0 bridgehead atoms. The van der Waals surface area contributed by atoms with Crippen LogP contribution in [0.2, 0.25) is 0 Å². The second-order valence-corrected chi connectivity index (χ2v) is 5.27. The van der Waals surface area contributed by atoms with Gasteiger partial charge >= 0.3 is 5.97 Å². The third-order valence-corrected chi connectivity index (χ3v) is 3.53. The summed E-state index contributed by atoms with van der Waals surface area (Å²) in [6.45, 7) is 4.78. The van der Waals surface area contributed by atoms with E-state index in [1.165, 1.54) is 0 Å². The summed E-state index contributed by atoms with van der Waals surface area (Å²) >= 11 is 0. The highest BCUT2D eigenvalue weighted by Crippen LogP contribution is 2.23. The number of methoxy groups -OCH3 is 1. The molecule has 0 fully saturated rings. The number of aryl methyl sites for hydroxylation is 1. The second-order valence-electron chi connectivity index (χ2n) is 5.27. The Morgan fingerprint density at radius 3 is 2.68 bits per heavy atom. The molecule has 0 amide bonds. The predicted octanol–water partition coefficient (Wildman–Crippen LogP) is 3.15. The van der Waals surface area contributed by atoms with Crippen molar-refractivity contribution in [2.45, 2.75) is 32.4 Å². The molecule has 0 spiro atoms. The predicted molar refractivity (Wildman–Crippen MR) is 74.6 cm³/mol. The summed E-state index contributed by atoms with van der Waals surface area (Å²) in [5, 5.41) is 10.0. The number of hydrogen-bond acceptors (Lipinski definition) is 2. The molecule has 1 heterocycles. The van der Waals surface area contributed by atoms with Gasteiger partial charge in [0.15, 0.2) is 0 Å². The fourth-order valence-electron chi connectivity index (χ4n) is 2.09. The molecule has 19 heavy (non-hydrogen) atoms. The van der Waals surface area contributed by atoms with Gasteiger partial charge < -0.3 is 14.4 Å². The van der Waals surface area contributed by atoms with Gasteiger partial charge in [0.25, 0.3) is 0 Å². The number of carboxylic acids is 1. The van der Waals surface area contributed by atoms with Gasteiger partial charge in [-0.15, -0.1) is 0 Å². The molecule has 0 aliphatic carbocycles. The number of rotatable bonds is 5. The maximum absolute atomic E-state index is 11.2. The van der Waals surface area contributed by atoms with Gasteiger partial charge in [-0.05, 0) is 26.3 Å². The summed E-state index contributed by atoms with van der Waals surface area (Å²) in [6.07, 6.45) is 2.53. The van der Waals surface area contributed by atoms with E-state index in [4.69, 9.17) is 4.74 Å². The lowest BCUT2D eigenvalue weighted by atomic mass is 10.1. The van der Waals surface area contributed by atoms with Crippen molar-refractivity contribution in [1.29, 1.82) is 0 Å². The Hall–Kier alpha value is -1.81. The fourth-order valence-corrected chi connectivity index (χ4v) is 2.09. The third kappa shape index (κ3) is 2.79. The number of nitrogens with zero attached hydrogens (tertiary/aromatic N) is 1. The van der Waals surface area contributed by atoms with Crippen LogP contribution in [0.25, 0.3) is 10.9 Å². The van der Waals surface area contributed by atoms with Crippen LogP contribution in [0.15, 0.2) is 30.5 Å². The van der Waals surface area contributed by atoms with Crippen molar-refractivity contribution in [3.8, 4) is 0 Å². The van der Waals surface area contributed by atoms with Crippen LogP contribution in [-0.2, 0) is 11.3 Å². The first-order valence-corrected chi connectivity index (χ1v) is 6.31. The summed E-state index contributed by atoms with van der Waals surface area (Å²) in [5.41, 5.74) is 1.09. The Balaban J connectivity index is 2.36. The van der Waals surface area contributed by atoms with Crippen LogP contribution < -0.4 is 0 Å². The van der Waals surface area contributed by atoms with Crippen molar-refractivity contribution in [1.82, 2.24) is 4.57 Å². The first-order valence-electron chi connectivity index (χ1n) is 6.31. The zero-order chi connectivity index (χ0) is 14.0. The Kier molecular flexibility index (Phi) is 3.62. The minimum Gasteiger partial charge on any atom is -0.478 e. The van der Waals surface area contributed by atoms with Crippen LogP contribution in [-0.4, -0.2) is 28.4 Å². The molecule has 2 rings (SSSR count). The lowest BCUT2D eigenvalue weighted by Crippen LogP contribution is -2.24. The number of fused-ring (bicyclic) bond motifs is 1. The minimum absolute atomic E-state index is 0.214. The monoisotopic (exact) mass is 261 g/mol. The molecule has 1 aromatic carbocycles. The molecule has 0 atom stereocenters. The highest BCUT2D eigenvalue weighted by molar-refractivity contribution is 6.03. The number of carbonyl (C=O) groups is 1. The molecule has 4 heteroatoms. The van der Waals surface area contributed by atoms with Crippen molar-refractivity contribution in [3.05, 3.63) is 36.0 Å². The highest BCUT2D eigenvalue weighted by atomic mass is 16.5. The quantitative estimate of drug-likeness (QED) is 0.899. The molecule has 1 N–H and O–H groups in total. The van der Waals surface area contributed by atoms with E-state index < -0.39 is 5.97 Å². The number of hydrogen-bond donors (Lipinski definition) is 1. The smallest absolute Gasteiger partial charge is 0.337 e. The topological polar surface area (TPSA) is 51.5 Å². The molecule has 0 saturated carbocycles. The van der Waals surface area contributed by atoms with Crippen molar-refractivity contribution in [2.24, 2.45) is 0 Å². The van der Waals surface area contributed by atoms with E-state index in [2.05, 4.69) is 0 Å². The van der Waals surface area contributed by atoms with Crippen LogP contribution in [0, 0.1) is 0 Å². The van der Waals surface area contributed by atoms with Crippen LogP contribution >= 0.6 is 0 Å². The minimum atomic E-state index is -0.888. The summed E-state index contributed by atoms with van der Waals surface area (Å²) in [6, 6.07) is 7.57. The number of aromatic carboxylic acids is 1. The van der Waals surface area contributed by atoms with Crippen LogP contribution in [0.4, 0.5) is 0 Å². The standard InChI is InChI=1S/C15H19NO3/c1-15(2,19-3)8-9-16-10-12(14(17)18)11-6-4-5-7-13(11)16/h4-7,10H,8-9H2,1-3H3,(H,17,18). The van der Waals surface area contributed by atoms with Gasteiger partial charge in [-0.1, -0.05) is 18.2 Å². The average molecular weight is 261 g/mol. The average Bonchev–Trinajstić information content (AvgIpc) is 2.76. The molecule has 0 aliphatic rings. The van der Waals surface area contributed by atoms with Gasteiger partial charge in [0.1, 0.15) is 0 Å². The molecule has 1 aromatic heterocycles. The number of aromatic nitrogens is 1. The van der Waals surface area contributed by atoms with Crippen molar-refractivity contribution in [2.75, 3.05) is 7.11 Å². The zero-order valence-corrected chi connectivity index (χ0v) is 11.5. The van der Waals surface area contributed by atoms with Gasteiger partial charge in [0.05, 0.1) is 11.2 Å². The van der Waals surface area contributed by atoms with Crippen LogP contribution in [0.3, 0.4) is 0 Å². The summed E-state index contributed by atoms with van der Waals surface area (Å²) < 4.78 is 7.38. The molecule has 4 nitrogen and oxygen atoms in total. The van der Waals surface area contributed by atoms with Crippen molar-refractivity contribution in [3.63, 3.8) is 0 Å². The molecule has 0 unspecified atom stereocenters. The van der Waals surface area contributed by atoms with E-state index in [-0.39, 0.29) is 5.60 Å². The van der Waals surface area contributed by atoms with E-state index >= 15 is 0 Å². The zero-order valence-electron chi connectivity index (χ0n) is 11.5. The lowest BCUT2D eigenvalue weighted by molar-refractivity contribution is 0.0123. The van der Waals surface area contributed by atoms with Gasteiger partial charge in [-0.25, -0.2) is 4.79 Å². The SMILES string of the molecule is COC(C)(C)CCn1cc(C(=O)O)c2ccccc21. The van der Waals surface area contributed by atoms with E-state index in [9.17, 15) is 9.90 Å². The van der Waals surface area contributed by atoms with Crippen molar-refractivity contribution >= 4 is 16.9 Å². The summed E-state index contributed by atoms with van der Waals surface area (Å²) in [7, 11) is 1.69. The van der Waals surface area contributed by atoms with Crippen LogP contribution in [0.1, 0.15) is 30.6 Å². The third-order valence-electron chi connectivity index (χ3n) is 3.53. The molecule has 0 saturated heterocycles. The second kappa shape index (κ2) is 5.05. The molecule has 102 valence electrons. The van der Waals surface area contributed by atoms with Crippen molar-refractivity contribution < 1.29 is 14.6 Å². The normalized spacial score (nSPS) is 11.9. The van der Waals surface area contributed by atoms with E-state index in [0.717, 1.165) is 23.9 Å². The highest BCUT2D eigenvalue weighted by Gasteiger charge is 2.18. The Morgan fingerprint density at radius 1 is 1.37 bits per heavy atom. The largest absolute Gasteiger partial charge is 0.478 e. The first kappa shape index (κ1) is 13.6. The first-order chi connectivity index (χ1) is 8.94. The number of benzene rings is 1. The molecular weight excluding hydrogens is 242 g/mol. The van der Waals surface area contributed by atoms with E-state index in [1.807, 2.05) is 42.7 Å². The Morgan fingerprint density at radius 2 is 2.05 bits per heavy atom. The molecular formula is C15H19NO3. The van der Waals surface area contributed by atoms with Gasteiger partial charge in [-0.2, -0.15) is 0 Å². The molecule has 0 radical (unpaired) electrons. The number of ether oxygens (including phenoxy) is 1. The molecule has 2 aromatic rings. The lowest BCUT2D eigenvalue weighted by Gasteiger charge is -2.23. The number of carboxylic acid groups (broad SMARTS) is 1. The molecule has 0 aliphatic heterocycles. The fraction of sp³-hybridized carbons (Fsp3) is 0.400. The van der Waals surface area contributed by atoms with E-state index in [1.54, 1.807) is 13.3 Å². The maximum Gasteiger partial charge on any atom is 0.337 e. The Labute approximate surface area is 112 Å². The summed E-state index contributed by atoms with van der Waals surface area (Å²) in [5.74, 6) is -0.888. The summed E-state index contributed by atoms with van der Waals surface area (Å²) in [4.78, 5) is 11.2. The van der Waals surface area contributed by atoms with E-state index in [0.29, 0.717) is 5.56 Å². The van der Waals surface area contributed by atoms with Gasteiger partial charge in [0.2, 0.25) is 0 Å². The Bertz CT molecular complexity index is 598. The van der Waals surface area contributed by atoms with Gasteiger partial charge in [0, 0.05) is 30.8 Å².